The van der Waals surface area contributed by atoms with Gasteiger partial charge in [-0.25, -0.2) is 4.79 Å². The average molecular weight is 471 g/mol. The van der Waals surface area contributed by atoms with Gasteiger partial charge in [-0.3, -0.25) is 0 Å². The maximum atomic E-state index is 11.9. The molecule has 0 bridgehead atoms. The Kier molecular flexibility index (Phi) is 8.29. The number of rotatable bonds is 11. The highest BCUT2D eigenvalue weighted by molar-refractivity contribution is 8.00. The van der Waals surface area contributed by atoms with Gasteiger partial charge in [0.1, 0.15) is 16.9 Å². The SMILES string of the molecule is C=C(C)C(=O)OC(C)(C)CC(C)Sc1ccc2cc(-c3ccc(CCCCC)s3)oc2c1. The van der Waals surface area contributed by atoms with Crippen molar-refractivity contribution in [2.45, 2.75) is 82.5 Å². The number of hydrogen-bond acceptors (Lipinski definition) is 5. The second kappa shape index (κ2) is 10.8. The van der Waals surface area contributed by atoms with Crippen molar-refractivity contribution in [2.75, 3.05) is 0 Å². The molecule has 1 atom stereocenters. The van der Waals surface area contributed by atoms with E-state index in [0.717, 1.165) is 34.5 Å². The molecule has 3 aromatic rings. The third kappa shape index (κ3) is 6.76. The molecule has 0 saturated heterocycles. The van der Waals surface area contributed by atoms with E-state index in [1.54, 1.807) is 18.7 Å². The number of benzene rings is 1. The van der Waals surface area contributed by atoms with Gasteiger partial charge in [0.2, 0.25) is 0 Å². The zero-order chi connectivity index (χ0) is 23.3. The van der Waals surface area contributed by atoms with Crippen LogP contribution in [0.1, 0.15) is 65.2 Å². The van der Waals surface area contributed by atoms with Gasteiger partial charge in [0, 0.05) is 26.0 Å². The second-order valence-electron chi connectivity index (χ2n) is 9.10. The predicted octanol–water partition coefficient (Wildman–Crippen LogP) is 8.66. The molecule has 0 saturated carbocycles. The van der Waals surface area contributed by atoms with E-state index in [1.807, 2.05) is 25.2 Å². The van der Waals surface area contributed by atoms with Crippen LogP contribution in [0.25, 0.3) is 21.6 Å². The molecule has 0 radical (unpaired) electrons. The van der Waals surface area contributed by atoms with E-state index in [9.17, 15) is 4.79 Å². The molecule has 0 aliphatic rings. The molecule has 1 aromatic carbocycles. The number of carbonyl (C=O) groups is 1. The van der Waals surface area contributed by atoms with Crippen LogP contribution in [0.3, 0.4) is 0 Å². The number of esters is 1. The van der Waals surface area contributed by atoms with Crippen LogP contribution >= 0.6 is 23.1 Å². The lowest BCUT2D eigenvalue weighted by atomic mass is 10.0. The highest BCUT2D eigenvalue weighted by Crippen LogP contribution is 2.36. The molecule has 1 unspecified atom stereocenters. The number of fused-ring (bicyclic) bond motifs is 1. The fraction of sp³-hybridized carbons (Fsp3) is 0.444. The molecule has 0 amide bonds. The summed E-state index contributed by atoms with van der Waals surface area (Å²) in [6, 6.07) is 12.9. The molecule has 5 heteroatoms. The summed E-state index contributed by atoms with van der Waals surface area (Å²) in [5.41, 5.74) is 0.792. The lowest BCUT2D eigenvalue weighted by Crippen LogP contribution is -2.31. The van der Waals surface area contributed by atoms with Crippen LogP contribution in [-0.4, -0.2) is 16.8 Å². The molecule has 2 aromatic heterocycles. The first-order valence-electron chi connectivity index (χ1n) is 11.3. The Morgan fingerprint density at radius 3 is 2.72 bits per heavy atom. The minimum atomic E-state index is -0.543. The molecular formula is C27H34O3S2. The van der Waals surface area contributed by atoms with Crippen LogP contribution in [0.15, 0.2) is 57.9 Å². The van der Waals surface area contributed by atoms with Gasteiger partial charge in [0.15, 0.2) is 0 Å². The summed E-state index contributed by atoms with van der Waals surface area (Å²) in [4.78, 5) is 15.7. The van der Waals surface area contributed by atoms with Gasteiger partial charge < -0.3 is 9.15 Å². The largest absolute Gasteiger partial charge is 0.456 e. The van der Waals surface area contributed by atoms with Crippen molar-refractivity contribution in [3.8, 4) is 10.6 Å². The number of thiophene rings is 1. The molecule has 0 aliphatic carbocycles. The smallest absolute Gasteiger partial charge is 0.333 e. The van der Waals surface area contributed by atoms with Crippen LogP contribution in [0.5, 0.6) is 0 Å². The van der Waals surface area contributed by atoms with E-state index in [0.29, 0.717) is 5.57 Å². The molecule has 0 spiro atoms. The average Bonchev–Trinajstić information content (AvgIpc) is 3.33. The van der Waals surface area contributed by atoms with E-state index in [-0.39, 0.29) is 11.2 Å². The highest BCUT2D eigenvalue weighted by Gasteiger charge is 2.26. The molecular weight excluding hydrogens is 436 g/mol. The maximum absolute atomic E-state index is 11.9. The number of furan rings is 1. The fourth-order valence-corrected chi connectivity index (χ4v) is 6.02. The summed E-state index contributed by atoms with van der Waals surface area (Å²) >= 11 is 3.60. The zero-order valence-corrected chi connectivity index (χ0v) is 21.5. The number of unbranched alkanes of at least 4 members (excludes halogenated alkanes) is 2. The third-order valence-electron chi connectivity index (χ3n) is 5.26. The van der Waals surface area contributed by atoms with E-state index >= 15 is 0 Å². The number of hydrogen-bond donors (Lipinski definition) is 0. The van der Waals surface area contributed by atoms with Gasteiger partial charge in [-0.1, -0.05) is 33.3 Å². The van der Waals surface area contributed by atoms with Gasteiger partial charge in [-0.2, -0.15) is 0 Å². The van der Waals surface area contributed by atoms with E-state index in [4.69, 9.17) is 9.15 Å². The van der Waals surface area contributed by atoms with Crippen LogP contribution in [0.2, 0.25) is 0 Å². The normalized spacial score (nSPS) is 12.8. The van der Waals surface area contributed by atoms with Crippen LogP contribution < -0.4 is 0 Å². The first-order chi connectivity index (χ1) is 15.2. The monoisotopic (exact) mass is 470 g/mol. The number of carbonyl (C=O) groups excluding carboxylic acids is 1. The fourth-order valence-electron chi connectivity index (χ4n) is 3.75. The van der Waals surface area contributed by atoms with Crippen molar-refractivity contribution < 1.29 is 13.9 Å². The number of aryl methyl sites for hydroxylation is 1. The van der Waals surface area contributed by atoms with Gasteiger partial charge in [0.05, 0.1) is 4.88 Å². The van der Waals surface area contributed by atoms with Crippen molar-refractivity contribution in [1.29, 1.82) is 0 Å². The topological polar surface area (TPSA) is 39.4 Å². The Balaban J connectivity index is 1.66. The predicted molar refractivity (Wildman–Crippen MR) is 138 cm³/mol. The Hall–Kier alpha value is -1.98. The first-order valence-corrected chi connectivity index (χ1v) is 13.0. The quantitative estimate of drug-likeness (QED) is 0.122. The molecule has 0 aliphatic heterocycles. The van der Waals surface area contributed by atoms with Gasteiger partial charge in [-0.15, -0.1) is 23.1 Å². The third-order valence-corrected chi connectivity index (χ3v) is 7.51. The lowest BCUT2D eigenvalue weighted by molar-refractivity contribution is -0.151. The lowest BCUT2D eigenvalue weighted by Gasteiger charge is -2.28. The minimum absolute atomic E-state index is 0.276. The summed E-state index contributed by atoms with van der Waals surface area (Å²) in [6.07, 6.45) is 5.67. The van der Waals surface area contributed by atoms with E-state index in [2.05, 4.69) is 56.8 Å². The van der Waals surface area contributed by atoms with Gasteiger partial charge >= 0.3 is 5.97 Å². The summed E-state index contributed by atoms with van der Waals surface area (Å²) < 4.78 is 11.8. The van der Waals surface area contributed by atoms with E-state index in [1.165, 1.54) is 29.0 Å². The first kappa shape index (κ1) is 24.7. The van der Waals surface area contributed by atoms with Gasteiger partial charge in [0.25, 0.3) is 0 Å². The van der Waals surface area contributed by atoms with E-state index < -0.39 is 5.60 Å². The number of thioether (sulfide) groups is 1. The molecule has 0 fully saturated rings. The maximum Gasteiger partial charge on any atom is 0.333 e. The van der Waals surface area contributed by atoms with Crippen molar-refractivity contribution in [2.24, 2.45) is 0 Å². The Morgan fingerprint density at radius 2 is 2.00 bits per heavy atom. The molecule has 0 N–H and O–H groups in total. The summed E-state index contributed by atoms with van der Waals surface area (Å²) in [5.74, 6) is 0.605. The van der Waals surface area contributed by atoms with Crippen molar-refractivity contribution in [3.63, 3.8) is 0 Å². The molecule has 3 rings (SSSR count). The highest BCUT2D eigenvalue weighted by atomic mass is 32.2. The van der Waals surface area contributed by atoms with Crippen molar-refractivity contribution >= 4 is 40.0 Å². The Labute approximate surface area is 200 Å². The molecule has 172 valence electrons. The molecule has 3 nitrogen and oxygen atoms in total. The minimum Gasteiger partial charge on any atom is -0.456 e. The standard InChI is InChI=1S/C27H34O3S2/c1-7-8-9-10-21-13-14-25(32-21)24-15-20-11-12-22(16-23(20)29-24)31-19(4)17-27(5,6)30-26(28)18(2)3/h11-16,19H,2,7-10,17H2,1,3-6H3. The summed E-state index contributed by atoms with van der Waals surface area (Å²) in [7, 11) is 0. The van der Waals surface area contributed by atoms with Gasteiger partial charge in [-0.05, 0) is 76.4 Å². The van der Waals surface area contributed by atoms with Crippen LogP contribution in [0.4, 0.5) is 0 Å². The van der Waals surface area contributed by atoms with Crippen LogP contribution in [0, 0.1) is 0 Å². The van der Waals surface area contributed by atoms with Crippen molar-refractivity contribution in [1.82, 2.24) is 0 Å². The molecule has 32 heavy (non-hydrogen) atoms. The number of ether oxygens (including phenoxy) is 1. The summed E-state index contributed by atoms with van der Waals surface area (Å²) in [6.45, 7) is 13.6. The Morgan fingerprint density at radius 1 is 1.22 bits per heavy atom. The Bertz CT molecular complexity index is 1070. The molecule has 2 heterocycles. The zero-order valence-electron chi connectivity index (χ0n) is 19.8. The van der Waals surface area contributed by atoms with Crippen molar-refractivity contribution in [3.05, 3.63) is 53.4 Å². The summed E-state index contributed by atoms with van der Waals surface area (Å²) in [5, 5.41) is 1.39. The van der Waals surface area contributed by atoms with Crippen LogP contribution in [-0.2, 0) is 16.0 Å². The second-order valence-corrected chi connectivity index (χ2v) is 11.8.